The number of hydrogen-bond acceptors (Lipinski definition) is 9. The van der Waals surface area contributed by atoms with Gasteiger partial charge in [0, 0.05) is 41.4 Å². The number of aromatic nitrogens is 2. The number of ether oxygens (including phenoxy) is 3. The van der Waals surface area contributed by atoms with Crippen LogP contribution in [0.5, 0.6) is 0 Å². The molecule has 2 aliphatic rings. The summed E-state index contributed by atoms with van der Waals surface area (Å²) >= 11 is 1.24. The van der Waals surface area contributed by atoms with Crippen LogP contribution in [0.3, 0.4) is 0 Å². The van der Waals surface area contributed by atoms with Crippen molar-refractivity contribution in [3.8, 4) is 0 Å². The van der Waals surface area contributed by atoms with Gasteiger partial charge in [0.15, 0.2) is 5.79 Å². The third-order valence-corrected chi connectivity index (χ3v) is 5.80. The zero-order valence-corrected chi connectivity index (χ0v) is 14.8. The van der Waals surface area contributed by atoms with E-state index in [4.69, 9.17) is 14.2 Å². The molecule has 0 amide bonds. The average molecular weight is 342 g/mol. The molecule has 9 heteroatoms. The highest BCUT2D eigenvalue weighted by Gasteiger charge is 2.69. The van der Waals surface area contributed by atoms with Gasteiger partial charge in [-0.2, -0.15) is 4.37 Å². The van der Waals surface area contributed by atoms with Gasteiger partial charge in [0.25, 0.3) is 0 Å². The molecule has 0 N–H and O–H groups in total. The van der Waals surface area contributed by atoms with Crippen molar-refractivity contribution in [2.24, 2.45) is 5.92 Å². The highest BCUT2D eigenvalue weighted by Crippen LogP contribution is 2.52. The van der Waals surface area contributed by atoms with Gasteiger partial charge in [-0.3, -0.25) is 9.69 Å². The SMILES string of the molecule is COC(=O)C1(c2nc(N(C)C)ns2)CN2CC1C(OC)(OC)C2. The van der Waals surface area contributed by atoms with E-state index in [-0.39, 0.29) is 11.9 Å². The second kappa shape index (κ2) is 5.66. The van der Waals surface area contributed by atoms with Gasteiger partial charge in [-0.25, -0.2) is 4.98 Å². The molecule has 23 heavy (non-hydrogen) atoms. The number of hydrogen-bond donors (Lipinski definition) is 0. The lowest BCUT2D eigenvalue weighted by atomic mass is 9.73. The van der Waals surface area contributed by atoms with Gasteiger partial charge < -0.3 is 19.1 Å². The van der Waals surface area contributed by atoms with Gasteiger partial charge in [0.1, 0.15) is 10.4 Å². The molecule has 1 aromatic heterocycles. The van der Waals surface area contributed by atoms with Crippen molar-refractivity contribution in [3.05, 3.63) is 5.01 Å². The predicted octanol–water partition coefficient (Wildman–Crippen LogP) is -0.0506. The first-order valence-corrected chi connectivity index (χ1v) is 8.13. The molecule has 2 fully saturated rings. The number of rotatable bonds is 5. The molecule has 0 aliphatic carbocycles. The van der Waals surface area contributed by atoms with E-state index in [9.17, 15) is 4.79 Å². The Kier molecular flexibility index (Phi) is 4.07. The van der Waals surface area contributed by atoms with E-state index in [2.05, 4.69) is 14.3 Å². The molecule has 0 spiro atoms. The second-order valence-electron chi connectivity index (χ2n) is 6.20. The van der Waals surface area contributed by atoms with Crippen LogP contribution in [0, 0.1) is 5.92 Å². The molecule has 3 unspecified atom stereocenters. The number of nitrogens with zero attached hydrogens (tertiary/aromatic N) is 4. The highest BCUT2D eigenvalue weighted by molar-refractivity contribution is 7.06. The molecule has 0 saturated carbocycles. The monoisotopic (exact) mass is 342 g/mol. The molecule has 128 valence electrons. The van der Waals surface area contributed by atoms with E-state index in [1.165, 1.54) is 18.6 Å². The van der Waals surface area contributed by atoms with E-state index in [1.54, 1.807) is 14.2 Å². The predicted molar refractivity (Wildman–Crippen MR) is 84.6 cm³/mol. The summed E-state index contributed by atoms with van der Waals surface area (Å²) < 4.78 is 20.9. The first kappa shape index (κ1) is 16.6. The standard InChI is InChI=1S/C14H22N4O4S/c1-17(2)12-15-10(23-16-12)13(11(19)20-3)7-18-6-9(13)14(8-18,21-4)22-5/h9H,6-8H2,1-5H3. The minimum Gasteiger partial charge on any atom is -0.468 e. The fourth-order valence-electron chi connectivity index (χ4n) is 3.77. The van der Waals surface area contributed by atoms with Gasteiger partial charge in [0.05, 0.1) is 19.6 Å². The molecular formula is C14H22N4O4S. The molecule has 2 aliphatic heterocycles. The molecule has 3 rings (SSSR count). The summed E-state index contributed by atoms with van der Waals surface area (Å²) in [6, 6.07) is 0. The van der Waals surface area contributed by atoms with Crippen molar-refractivity contribution in [1.29, 1.82) is 0 Å². The Morgan fingerprint density at radius 3 is 2.48 bits per heavy atom. The summed E-state index contributed by atoms with van der Waals surface area (Å²) in [5.74, 6) is -0.757. The molecular weight excluding hydrogens is 320 g/mol. The lowest BCUT2D eigenvalue weighted by Crippen LogP contribution is -2.60. The number of carbonyl (C=O) groups is 1. The van der Waals surface area contributed by atoms with Crippen LogP contribution in [0.4, 0.5) is 5.95 Å². The normalized spacial score (nSPS) is 31.3. The van der Waals surface area contributed by atoms with Crippen molar-refractivity contribution in [2.45, 2.75) is 11.2 Å². The first-order chi connectivity index (χ1) is 10.9. The minimum absolute atomic E-state index is 0.194. The fraction of sp³-hybridized carbons (Fsp3) is 0.786. The Balaban J connectivity index is 2.10. The summed E-state index contributed by atoms with van der Waals surface area (Å²) in [4.78, 5) is 21.3. The summed E-state index contributed by atoms with van der Waals surface area (Å²) in [6.45, 7) is 1.87. The number of anilines is 1. The Hall–Kier alpha value is -1.29. The lowest BCUT2D eigenvalue weighted by molar-refractivity contribution is -0.242. The van der Waals surface area contributed by atoms with Crippen LogP contribution in [-0.2, 0) is 24.4 Å². The second-order valence-corrected chi connectivity index (χ2v) is 6.95. The highest BCUT2D eigenvalue weighted by atomic mass is 32.1. The molecule has 3 atom stereocenters. The lowest BCUT2D eigenvalue weighted by Gasteiger charge is -2.43. The summed E-state index contributed by atoms with van der Waals surface area (Å²) in [5.41, 5.74) is -0.912. The van der Waals surface area contributed by atoms with Crippen LogP contribution in [0.25, 0.3) is 0 Å². The van der Waals surface area contributed by atoms with Gasteiger partial charge in [-0.1, -0.05) is 0 Å². The maximum absolute atomic E-state index is 12.8. The van der Waals surface area contributed by atoms with Crippen molar-refractivity contribution < 1.29 is 19.0 Å². The van der Waals surface area contributed by atoms with Gasteiger partial charge in [-0.05, 0) is 11.5 Å². The number of methoxy groups -OCH3 is 3. The maximum atomic E-state index is 12.8. The summed E-state index contributed by atoms with van der Waals surface area (Å²) in [6.07, 6.45) is 0. The largest absolute Gasteiger partial charge is 0.468 e. The van der Waals surface area contributed by atoms with Crippen LogP contribution >= 0.6 is 11.5 Å². The van der Waals surface area contributed by atoms with Gasteiger partial charge >= 0.3 is 5.97 Å². The average Bonchev–Trinajstić information content (AvgIpc) is 3.26. The molecule has 2 saturated heterocycles. The van der Waals surface area contributed by atoms with Crippen LogP contribution in [0.2, 0.25) is 0 Å². The van der Waals surface area contributed by atoms with Crippen molar-refractivity contribution >= 4 is 23.5 Å². The van der Waals surface area contributed by atoms with Crippen LogP contribution in [0.1, 0.15) is 5.01 Å². The van der Waals surface area contributed by atoms with Crippen LogP contribution in [0.15, 0.2) is 0 Å². The molecule has 0 aromatic carbocycles. The van der Waals surface area contributed by atoms with Crippen molar-refractivity contribution in [2.75, 3.05) is 60.0 Å². The molecule has 8 nitrogen and oxygen atoms in total. The third-order valence-electron chi connectivity index (χ3n) is 4.92. The van der Waals surface area contributed by atoms with E-state index in [0.29, 0.717) is 30.6 Å². The molecule has 1 aromatic rings. The Bertz CT molecular complexity index is 603. The molecule has 2 bridgehead atoms. The van der Waals surface area contributed by atoms with E-state index in [1.807, 2.05) is 19.0 Å². The smallest absolute Gasteiger partial charge is 0.320 e. The zero-order valence-electron chi connectivity index (χ0n) is 14.0. The molecule has 0 radical (unpaired) electrons. The number of carbonyl (C=O) groups excluding carboxylic acids is 1. The third kappa shape index (κ3) is 2.18. The topological polar surface area (TPSA) is 77.0 Å². The Morgan fingerprint density at radius 1 is 1.30 bits per heavy atom. The van der Waals surface area contributed by atoms with Gasteiger partial charge in [-0.15, -0.1) is 0 Å². The summed E-state index contributed by atoms with van der Waals surface area (Å²) in [5, 5.41) is 0.652. The Morgan fingerprint density at radius 2 is 2.00 bits per heavy atom. The first-order valence-electron chi connectivity index (χ1n) is 7.36. The minimum atomic E-state index is -0.912. The van der Waals surface area contributed by atoms with Crippen LogP contribution in [-0.4, -0.2) is 81.1 Å². The number of piperidine rings is 1. The van der Waals surface area contributed by atoms with E-state index < -0.39 is 11.2 Å². The quantitative estimate of drug-likeness (QED) is 0.544. The zero-order chi connectivity index (χ0) is 16.8. The number of esters is 1. The molecule has 3 heterocycles. The van der Waals surface area contributed by atoms with Crippen molar-refractivity contribution in [1.82, 2.24) is 14.3 Å². The van der Waals surface area contributed by atoms with E-state index in [0.717, 1.165) is 0 Å². The number of fused-ring (bicyclic) bond motifs is 2. The summed E-state index contributed by atoms with van der Waals surface area (Å²) in [7, 11) is 8.36. The van der Waals surface area contributed by atoms with Gasteiger partial charge in [0.2, 0.25) is 5.95 Å². The van der Waals surface area contributed by atoms with E-state index >= 15 is 0 Å². The Labute approximate surface area is 139 Å². The van der Waals surface area contributed by atoms with Crippen molar-refractivity contribution in [3.63, 3.8) is 0 Å². The van der Waals surface area contributed by atoms with Crippen LogP contribution < -0.4 is 4.90 Å². The fourth-order valence-corrected chi connectivity index (χ4v) is 4.71. The maximum Gasteiger partial charge on any atom is 0.320 e.